The SMILES string of the molecule is CC(C)N1C[C@H](c2cc(N(C)C)nc(CN(C)C(=O)c3cc(C4CC4)on3)n2)CC1=O. The quantitative estimate of drug-likeness (QED) is 0.671. The van der Waals surface area contributed by atoms with Crippen LogP contribution in [-0.4, -0.2) is 70.5 Å². The van der Waals surface area contributed by atoms with Crippen LogP contribution >= 0.6 is 0 Å². The summed E-state index contributed by atoms with van der Waals surface area (Å²) in [6.07, 6.45) is 2.62. The molecule has 0 N–H and O–H groups in total. The number of carbonyl (C=O) groups excluding carboxylic acids is 2. The van der Waals surface area contributed by atoms with Gasteiger partial charge in [0.25, 0.3) is 5.91 Å². The third-order valence-electron chi connectivity index (χ3n) is 5.89. The molecule has 31 heavy (non-hydrogen) atoms. The van der Waals surface area contributed by atoms with E-state index in [1.165, 1.54) is 0 Å². The van der Waals surface area contributed by atoms with Crippen molar-refractivity contribution < 1.29 is 14.1 Å². The summed E-state index contributed by atoms with van der Waals surface area (Å²) >= 11 is 0. The van der Waals surface area contributed by atoms with Crippen LogP contribution < -0.4 is 4.90 Å². The van der Waals surface area contributed by atoms with Gasteiger partial charge in [0.05, 0.1) is 12.2 Å². The number of hydrogen-bond acceptors (Lipinski definition) is 7. The molecule has 1 aliphatic heterocycles. The fourth-order valence-electron chi connectivity index (χ4n) is 3.87. The predicted octanol–water partition coefficient (Wildman–Crippen LogP) is 2.40. The molecule has 0 bridgehead atoms. The molecule has 1 aliphatic carbocycles. The molecule has 4 rings (SSSR count). The Balaban J connectivity index is 1.53. The van der Waals surface area contributed by atoms with Crippen LogP contribution in [0.5, 0.6) is 0 Å². The molecule has 1 saturated heterocycles. The molecule has 0 radical (unpaired) electrons. The summed E-state index contributed by atoms with van der Waals surface area (Å²) in [6, 6.07) is 3.84. The van der Waals surface area contributed by atoms with Crippen LogP contribution in [0.1, 0.15) is 72.7 Å². The minimum Gasteiger partial charge on any atom is -0.363 e. The number of likely N-dealkylation sites (tertiary alicyclic amines) is 1. The first-order chi connectivity index (χ1) is 14.7. The van der Waals surface area contributed by atoms with E-state index in [1.807, 2.05) is 43.8 Å². The lowest BCUT2D eigenvalue weighted by molar-refractivity contribution is -0.129. The second kappa shape index (κ2) is 8.28. The Kier molecular flexibility index (Phi) is 5.68. The average molecular weight is 427 g/mol. The molecule has 1 atom stereocenters. The molecule has 2 aromatic heterocycles. The van der Waals surface area contributed by atoms with E-state index in [0.717, 1.165) is 30.1 Å². The highest BCUT2D eigenvalue weighted by Crippen LogP contribution is 2.40. The third-order valence-corrected chi connectivity index (χ3v) is 5.89. The second-order valence-corrected chi connectivity index (χ2v) is 9.05. The van der Waals surface area contributed by atoms with Crippen molar-refractivity contribution in [2.24, 2.45) is 0 Å². The maximum absolute atomic E-state index is 12.8. The number of carbonyl (C=O) groups is 2. The number of hydrogen-bond donors (Lipinski definition) is 0. The Morgan fingerprint density at radius 2 is 1.94 bits per heavy atom. The van der Waals surface area contributed by atoms with Gasteiger partial charge in [-0.2, -0.15) is 0 Å². The number of aromatic nitrogens is 3. The molecule has 0 spiro atoms. The smallest absolute Gasteiger partial charge is 0.276 e. The van der Waals surface area contributed by atoms with Crippen molar-refractivity contribution >= 4 is 17.6 Å². The minimum absolute atomic E-state index is 0.0213. The fourth-order valence-corrected chi connectivity index (χ4v) is 3.87. The minimum atomic E-state index is -0.224. The zero-order valence-electron chi connectivity index (χ0n) is 18.8. The highest BCUT2D eigenvalue weighted by Gasteiger charge is 2.34. The van der Waals surface area contributed by atoms with E-state index in [2.05, 4.69) is 10.1 Å². The van der Waals surface area contributed by atoms with Crippen molar-refractivity contribution in [1.29, 1.82) is 0 Å². The Labute approximate surface area is 182 Å². The molecular weight excluding hydrogens is 396 g/mol. The molecular formula is C22H30N6O3. The van der Waals surface area contributed by atoms with Gasteiger partial charge in [-0.15, -0.1) is 0 Å². The van der Waals surface area contributed by atoms with Crippen LogP contribution in [0, 0.1) is 0 Å². The monoisotopic (exact) mass is 426 g/mol. The Morgan fingerprint density at radius 3 is 2.55 bits per heavy atom. The van der Waals surface area contributed by atoms with Gasteiger partial charge in [0, 0.05) is 64.1 Å². The zero-order valence-corrected chi connectivity index (χ0v) is 18.8. The molecule has 1 saturated carbocycles. The van der Waals surface area contributed by atoms with Gasteiger partial charge in [-0.1, -0.05) is 5.16 Å². The van der Waals surface area contributed by atoms with E-state index >= 15 is 0 Å². The summed E-state index contributed by atoms with van der Waals surface area (Å²) in [6.45, 7) is 4.94. The molecule has 166 valence electrons. The van der Waals surface area contributed by atoms with Crippen molar-refractivity contribution in [1.82, 2.24) is 24.9 Å². The molecule has 2 aromatic rings. The summed E-state index contributed by atoms with van der Waals surface area (Å²) in [5.41, 5.74) is 1.14. The summed E-state index contributed by atoms with van der Waals surface area (Å²) in [5.74, 6) is 2.43. The van der Waals surface area contributed by atoms with Gasteiger partial charge in [0.2, 0.25) is 5.91 Å². The van der Waals surface area contributed by atoms with E-state index in [-0.39, 0.29) is 30.3 Å². The first-order valence-electron chi connectivity index (χ1n) is 10.8. The van der Waals surface area contributed by atoms with Gasteiger partial charge in [-0.25, -0.2) is 9.97 Å². The van der Waals surface area contributed by atoms with Gasteiger partial charge < -0.3 is 19.2 Å². The van der Waals surface area contributed by atoms with E-state index in [9.17, 15) is 9.59 Å². The molecule has 9 heteroatoms. The normalized spacial score (nSPS) is 18.7. The van der Waals surface area contributed by atoms with Gasteiger partial charge >= 0.3 is 0 Å². The first kappa shape index (κ1) is 21.3. The molecule has 2 amide bonds. The van der Waals surface area contributed by atoms with Gasteiger partial charge in [0.1, 0.15) is 17.4 Å². The van der Waals surface area contributed by atoms with Crippen LogP contribution in [0.25, 0.3) is 0 Å². The largest absolute Gasteiger partial charge is 0.363 e. The average Bonchev–Trinajstić information content (AvgIpc) is 3.31. The topological polar surface area (TPSA) is 95.7 Å². The summed E-state index contributed by atoms with van der Waals surface area (Å²) in [5, 5.41) is 3.94. The van der Waals surface area contributed by atoms with E-state index in [1.54, 1.807) is 18.0 Å². The van der Waals surface area contributed by atoms with Crippen LogP contribution in [-0.2, 0) is 11.3 Å². The van der Waals surface area contributed by atoms with Gasteiger partial charge in [-0.05, 0) is 26.7 Å². The maximum atomic E-state index is 12.8. The van der Waals surface area contributed by atoms with Crippen molar-refractivity contribution in [3.8, 4) is 0 Å². The van der Waals surface area contributed by atoms with Gasteiger partial charge in [-0.3, -0.25) is 9.59 Å². The lowest BCUT2D eigenvalue weighted by Gasteiger charge is -2.22. The highest BCUT2D eigenvalue weighted by molar-refractivity contribution is 5.92. The summed E-state index contributed by atoms with van der Waals surface area (Å²) in [7, 11) is 5.54. The third kappa shape index (κ3) is 4.55. The highest BCUT2D eigenvalue weighted by atomic mass is 16.5. The van der Waals surface area contributed by atoms with Crippen LogP contribution in [0.2, 0.25) is 0 Å². The van der Waals surface area contributed by atoms with Crippen molar-refractivity contribution in [3.63, 3.8) is 0 Å². The predicted molar refractivity (Wildman–Crippen MR) is 115 cm³/mol. The van der Waals surface area contributed by atoms with Crippen LogP contribution in [0.3, 0.4) is 0 Å². The van der Waals surface area contributed by atoms with E-state index < -0.39 is 0 Å². The standard InChI is InChI=1S/C22H30N6O3/c1-13(2)28-11-15(8-21(28)29)16-10-20(26(3)4)24-19(23-16)12-27(5)22(30)17-9-18(31-25-17)14-6-7-14/h9-10,13-15H,6-8,11-12H2,1-5H3/t15-/m1/s1. The number of anilines is 1. The number of rotatable bonds is 7. The first-order valence-corrected chi connectivity index (χ1v) is 10.8. The fraction of sp³-hybridized carbons (Fsp3) is 0.591. The van der Waals surface area contributed by atoms with Crippen LogP contribution in [0.15, 0.2) is 16.7 Å². The summed E-state index contributed by atoms with van der Waals surface area (Å²) in [4.78, 5) is 39.9. The maximum Gasteiger partial charge on any atom is 0.276 e. The number of amides is 2. The Morgan fingerprint density at radius 1 is 1.19 bits per heavy atom. The molecule has 0 unspecified atom stereocenters. The zero-order chi connectivity index (χ0) is 22.3. The Bertz CT molecular complexity index is 981. The molecule has 9 nitrogen and oxygen atoms in total. The molecule has 0 aromatic carbocycles. The lowest BCUT2D eigenvalue weighted by atomic mass is 10.0. The van der Waals surface area contributed by atoms with Gasteiger partial charge in [0.15, 0.2) is 5.69 Å². The van der Waals surface area contributed by atoms with E-state index in [4.69, 9.17) is 9.51 Å². The van der Waals surface area contributed by atoms with Crippen molar-refractivity contribution in [2.45, 2.75) is 57.5 Å². The van der Waals surface area contributed by atoms with E-state index in [0.29, 0.717) is 30.4 Å². The molecule has 2 fully saturated rings. The number of nitrogens with zero attached hydrogens (tertiary/aromatic N) is 6. The summed E-state index contributed by atoms with van der Waals surface area (Å²) < 4.78 is 5.31. The van der Waals surface area contributed by atoms with Crippen LogP contribution in [0.4, 0.5) is 5.82 Å². The second-order valence-electron chi connectivity index (χ2n) is 9.05. The Hall–Kier alpha value is -2.97. The van der Waals surface area contributed by atoms with Crippen molar-refractivity contribution in [3.05, 3.63) is 35.1 Å². The van der Waals surface area contributed by atoms with Crippen molar-refractivity contribution in [2.75, 3.05) is 32.6 Å². The molecule has 2 aliphatic rings. The molecule has 3 heterocycles. The lowest BCUT2D eigenvalue weighted by Crippen LogP contribution is -2.32.